The first-order valence-corrected chi connectivity index (χ1v) is 7.82. The van der Waals surface area contributed by atoms with E-state index in [-0.39, 0.29) is 0 Å². The van der Waals surface area contributed by atoms with Crippen molar-refractivity contribution >= 4 is 5.69 Å². The zero-order valence-corrected chi connectivity index (χ0v) is 12.2. The van der Waals surface area contributed by atoms with Crippen molar-refractivity contribution in [3.8, 4) is 0 Å². The first kappa shape index (κ1) is 13.0. The Kier molecular flexibility index (Phi) is 3.79. The van der Waals surface area contributed by atoms with Crippen molar-refractivity contribution < 1.29 is 0 Å². The lowest BCUT2D eigenvalue weighted by Gasteiger charge is -2.39. The van der Waals surface area contributed by atoms with Crippen LogP contribution >= 0.6 is 0 Å². The Morgan fingerprint density at radius 3 is 2.89 bits per heavy atom. The highest BCUT2D eigenvalue weighted by Gasteiger charge is 2.25. The number of hydrogen-bond donors (Lipinski definition) is 1. The number of hydrogen-bond acceptors (Lipinski definition) is 2. The van der Waals surface area contributed by atoms with Crippen LogP contribution in [0, 0.1) is 5.92 Å². The third-order valence-electron chi connectivity index (χ3n) is 4.48. The number of nitrogens with zero attached hydrogens (tertiary/aromatic N) is 1. The van der Waals surface area contributed by atoms with E-state index >= 15 is 0 Å². The van der Waals surface area contributed by atoms with Crippen LogP contribution in [0.15, 0.2) is 24.3 Å². The van der Waals surface area contributed by atoms with Gasteiger partial charge in [-0.3, -0.25) is 0 Å². The van der Waals surface area contributed by atoms with Crippen molar-refractivity contribution in [3.63, 3.8) is 0 Å². The zero-order chi connectivity index (χ0) is 13.2. The van der Waals surface area contributed by atoms with Gasteiger partial charge < -0.3 is 10.2 Å². The Labute approximate surface area is 117 Å². The molecule has 0 saturated heterocycles. The van der Waals surface area contributed by atoms with Crippen molar-refractivity contribution in [2.45, 2.75) is 51.6 Å². The molecule has 1 aromatic rings. The third-order valence-corrected chi connectivity index (χ3v) is 4.48. The SMILES string of the molecule is CC1Cc2ccccc2N(C(C)CCNC2CC2)C1. The fourth-order valence-corrected chi connectivity index (χ4v) is 3.19. The molecule has 0 amide bonds. The van der Waals surface area contributed by atoms with Crippen LogP contribution in [-0.2, 0) is 6.42 Å². The molecule has 0 bridgehead atoms. The zero-order valence-electron chi connectivity index (χ0n) is 12.2. The van der Waals surface area contributed by atoms with E-state index < -0.39 is 0 Å². The number of rotatable bonds is 5. The molecule has 2 atom stereocenters. The molecule has 1 N–H and O–H groups in total. The van der Waals surface area contributed by atoms with Gasteiger partial charge in [0.15, 0.2) is 0 Å². The van der Waals surface area contributed by atoms with Crippen molar-refractivity contribution in [1.29, 1.82) is 0 Å². The molecule has 2 heteroatoms. The molecule has 2 aliphatic rings. The molecule has 1 aliphatic carbocycles. The molecule has 19 heavy (non-hydrogen) atoms. The molecule has 104 valence electrons. The minimum atomic E-state index is 0.634. The molecular weight excluding hydrogens is 232 g/mol. The maximum Gasteiger partial charge on any atom is 0.0401 e. The van der Waals surface area contributed by atoms with Crippen LogP contribution in [0.1, 0.15) is 38.7 Å². The number of anilines is 1. The summed E-state index contributed by atoms with van der Waals surface area (Å²) in [6, 6.07) is 10.4. The molecule has 2 nitrogen and oxygen atoms in total. The summed E-state index contributed by atoms with van der Waals surface area (Å²) in [5.41, 5.74) is 3.00. The maximum atomic E-state index is 3.64. The average molecular weight is 258 g/mol. The van der Waals surface area contributed by atoms with Gasteiger partial charge in [-0.15, -0.1) is 0 Å². The van der Waals surface area contributed by atoms with Gasteiger partial charge in [-0.2, -0.15) is 0 Å². The van der Waals surface area contributed by atoms with Crippen LogP contribution in [0.4, 0.5) is 5.69 Å². The molecule has 1 saturated carbocycles. The predicted molar refractivity (Wildman–Crippen MR) is 81.8 cm³/mol. The van der Waals surface area contributed by atoms with Gasteiger partial charge >= 0.3 is 0 Å². The minimum absolute atomic E-state index is 0.634. The monoisotopic (exact) mass is 258 g/mol. The van der Waals surface area contributed by atoms with Crippen LogP contribution in [0.5, 0.6) is 0 Å². The Morgan fingerprint density at radius 1 is 1.32 bits per heavy atom. The summed E-state index contributed by atoms with van der Waals surface area (Å²) in [5.74, 6) is 0.772. The van der Waals surface area contributed by atoms with E-state index in [0.29, 0.717) is 6.04 Å². The largest absolute Gasteiger partial charge is 0.368 e. The summed E-state index contributed by atoms with van der Waals surface area (Å²) in [4.78, 5) is 2.62. The molecule has 1 heterocycles. The van der Waals surface area contributed by atoms with Gasteiger partial charge in [0, 0.05) is 24.3 Å². The number of para-hydroxylation sites is 1. The van der Waals surface area contributed by atoms with Crippen LogP contribution < -0.4 is 10.2 Å². The smallest absolute Gasteiger partial charge is 0.0401 e. The van der Waals surface area contributed by atoms with Gasteiger partial charge in [-0.05, 0) is 56.7 Å². The average Bonchev–Trinajstić information content (AvgIpc) is 3.21. The van der Waals surface area contributed by atoms with Crippen LogP contribution in [0.3, 0.4) is 0 Å². The highest BCUT2D eigenvalue weighted by Crippen LogP contribution is 2.31. The van der Waals surface area contributed by atoms with Gasteiger partial charge in [0.25, 0.3) is 0 Å². The summed E-state index contributed by atoms with van der Waals surface area (Å²) in [5, 5.41) is 3.64. The highest BCUT2D eigenvalue weighted by molar-refractivity contribution is 5.56. The Balaban J connectivity index is 1.65. The van der Waals surface area contributed by atoms with Crippen LogP contribution in [-0.4, -0.2) is 25.2 Å². The minimum Gasteiger partial charge on any atom is -0.368 e. The van der Waals surface area contributed by atoms with Crippen LogP contribution in [0.2, 0.25) is 0 Å². The molecule has 1 aromatic carbocycles. The van der Waals surface area contributed by atoms with Crippen molar-refractivity contribution in [2.24, 2.45) is 5.92 Å². The van der Waals surface area contributed by atoms with Crippen molar-refractivity contribution in [1.82, 2.24) is 5.32 Å². The molecule has 3 rings (SSSR count). The third kappa shape index (κ3) is 3.11. The Morgan fingerprint density at radius 2 is 2.11 bits per heavy atom. The van der Waals surface area contributed by atoms with E-state index in [1.807, 2.05) is 0 Å². The second kappa shape index (κ2) is 5.54. The standard InChI is InChI=1S/C17H26N2/c1-13-11-15-5-3-4-6-17(15)19(12-13)14(2)9-10-18-16-7-8-16/h3-6,13-14,16,18H,7-12H2,1-2H3. The first-order valence-electron chi connectivity index (χ1n) is 7.82. The summed E-state index contributed by atoms with van der Waals surface area (Å²) in [6.07, 6.45) is 5.26. The molecule has 2 unspecified atom stereocenters. The number of benzene rings is 1. The first-order chi connectivity index (χ1) is 9.24. The number of nitrogens with one attached hydrogen (secondary N) is 1. The predicted octanol–water partition coefficient (Wildman–Crippen LogP) is 3.22. The molecular formula is C17H26N2. The lowest BCUT2D eigenvalue weighted by Crippen LogP contribution is -2.42. The van der Waals surface area contributed by atoms with Gasteiger partial charge in [0.05, 0.1) is 0 Å². The molecule has 1 fully saturated rings. The highest BCUT2D eigenvalue weighted by atomic mass is 15.2. The second-order valence-electron chi connectivity index (χ2n) is 6.46. The topological polar surface area (TPSA) is 15.3 Å². The van der Waals surface area contributed by atoms with Crippen molar-refractivity contribution in [2.75, 3.05) is 18.0 Å². The van der Waals surface area contributed by atoms with Crippen molar-refractivity contribution in [3.05, 3.63) is 29.8 Å². The van der Waals surface area contributed by atoms with E-state index in [1.54, 1.807) is 0 Å². The molecule has 1 aliphatic heterocycles. The quantitative estimate of drug-likeness (QED) is 0.872. The summed E-state index contributed by atoms with van der Waals surface area (Å²) >= 11 is 0. The van der Waals surface area contributed by atoms with E-state index in [2.05, 4.69) is 48.3 Å². The van der Waals surface area contributed by atoms with E-state index in [0.717, 1.165) is 12.0 Å². The van der Waals surface area contributed by atoms with Gasteiger partial charge in [0.1, 0.15) is 0 Å². The van der Waals surface area contributed by atoms with Gasteiger partial charge in [0.2, 0.25) is 0 Å². The maximum absolute atomic E-state index is 3.64. The van der Waals surface area contributed by atoms with E-state index in [4.69, 9.17) is 0 Å². The second-order valence-corrected chi connectivity index (χ2v) is 6.46. The lowest BCUT2D eigenvalue weighted by molar-refractivity contribution is 0.470. The molecule has 0 spiro atoms. The van der Waals surface area contributed by atoms with E-state index in [1.165, 1.54) is 50.0 Å². The fraction of sp³-hybridized carbons (Fsp3) is 0.647. The van der Waals surface area contributed by atoms with E-state index in [9.17, 15) is 0 Å². The number of fused-ring (bicyclic) bond motifs is 1. The lowest BCUT2D eigenvalue weighted by atomic mass is 9.92. The van der Waals surface area contributed by atoms with Crippen LogP contribution in [0.25, 0.3) is 0 Å². The van der Waals surface area contributed by atoms with Gasteiger partial charge in [-0.1, -0.05) is 25.1 Å². The Bertz CT molecular complexity index is 425. The molecule has 0 radical (unpaired) electrons. The summed E-state index contributed by atoms with van der Waals surface area (Å²) < 4.78 is 0. The van der Waals surface area contributed by atoms with Gasteiger partial charge in [-0.25, -0.2) is 0 Å². The normalized spacial score (nSPS) is 24.1. The summed E-state index contributed by atoms with van der Waals surface area (Å²) in [7, 11) is 0. The summed E-state index contributed by atoms with van der Waals surface area (Å²) in [6.45, 7) is 7.13. The molecule has 0 aromatic heterocycles. The Hall–Kier alpha value is -1.02. The fourth-order valence-electron chi connectivity index (χ4n) is 3.19.